The highest BCUT2D eigenvalue weighted by Crippen LogP contribution is 2.47. The van der Waals surface area contributed by atoms with Crippen LogP contribution in [-0.2, 0) is 28.9 Å². The van der Waals surface area contributed by atoms with Crippen molar-refractivity contribution >= 4 is 73.4 Å². The van der Waals surface area contributed by atoms with Gasteiger partial charge in [0, 0.05) is 22.4 Å². The van der Waals surface area contributed by atoms with Gasteiger partial charge in [-0.2, -0.15) is 8.42 Å². The molecule has 4 rings (SSSR count). The Balaban J connectivity index is 1.76. The van der Waals surface area contributed by atoms with Gasteiger partial charge in [-0.15, -0.1) is 29.1 Å². The maximum Gasteiger partial charge on any atom is 0.296 e. The molecule has 0 unspecified atom stereocenters. The minimum absolute atomic E-state index is 0.00337. The second-order valence-electron chi connectivity index (χ2n) is 8.36. The molecule has 0 aliphatic rings. The van der Waals surface area contributed by atoms with Gasteiger partial charge in [-0.1, -0.05) is 10.1 Å². The molecule has 45 heavy (non-hydrogen) atoms. The van der Waals surface area contributed by atoms with E-state index in [4.69, 9.17) is 25.7 Å². The molecule has 0 bridgehead atoms. The van der Waals surface area contributed by atoms with Gasteiger partial charge in [0.25, 0.3) is 10.1 Å². The first-order chi connectivity index (χ1) is 21.5. The number of anilines is 1. The lowest BCUT2D eigenvalue weighted by atomic mass is 10.1. The highest BCUT2D eigenvalue weighted by atomic mass is 32.2. The summed E-state index contributed by atoms with van der Waals surface area (Å²) in [7, 11) is -2.00. The molecule has 0 atom stereocenters. The zero-order chi connectivity index (χ0) is 32.7. The molecule has 7 N–H and O–H groups in total. The van der Waals surface area contributed by atoms with Crippen molar-refractivity contribution < 1.29 is 61.9 Å². The van der Waals surface area contributed by atoms with E-state index in [1.165, 1.54) is 50.6 Å². The third kappa shape index (κ3) is 7.87. The van der Waals surface area contributed by atoms with Crippen molar-refractivity contribution in [1.82, 2.24) is 0 Å². The van der Waals surface area contributed by atoms with Crippen LogP contribution in [0.1, 0.15) is 0 Å². The normalized spacial score (nSPS) is 12.0. The molecule has 18 nitrogen and oxygen atoms in total. The highest BCUT2D eigenvalue weighted by molar-refractivity contribution is 7.95. The Kier molecular flexibility index (Phi) is 10.9. The summed E-state index contributed by atoms with van der Waals surface area (Å²) in [6.07, 6.45) is 0. The first-order valence-corrected chi connectivity index (χ1v) is 14.7. The molecule has 0 heterocycles. The second-order valence-corrected chi connectivity index (χ2v) is 11.3. The summed E-state index contributed by atoms with van der Waals surface area (Å²) in [6.45, 7) is 0. The van der Waals surface area contributed by atoms with E-state index in [9.17, 15) is 23.2 Å². The summed E-state index contributed by atoms with van der Waals surface area (Å²) in [5.74, 6) is -0.446. The predicted molar refractivity (Wildman–Crippen MR) is 157 cm³/mol. The molecule has 0 aliphatic carbocycles. The number of azo groups is 2. The number of ether oxygens (including phenoxy) is 2. The first kappa shape index (κ1) is 33.6. The monoisotopic (exact) mass is 683 g/mol. The maximum atomic E-state index is 11.7. The van der Waals surface area contributed by atoms with Gasteiger partial charge in [-0.25, -0.2) is 10.5 Å². The molecule has 0 spiro atoms. The average Bonchev–Trinajstić information content (AvgIpc) is 3.01. The number of benzene rings is 4. The Hall–Kier alpha value is -4.29. The van der Waals surface area contributed by atoms with Crippen LogP contribution in [0.15, 0.2) is 83.7 Å². The van der Waals surface area contributed by atoms with E-state index in [2.05, 4.69) is 39.2 Å². The van der Waals surface area contributed by atoms with E-state index in [1.807, 2.05) is 0 Å². The number of nitrogen functional groups attached to an aromatic ring is 1. The summed E-state index contributed by atoms with van der Waals surface area (Å²) in [4.78, 5) is -0.181. The van der Waals surface area contributed by atoms with E-state index in [0.717, 1.165) is 12.1 Å². The van der Waals surface area contributed by atoms with E-state index in [1.54, 1.807) is 0 Å². The van der Waals surface area contributed by atoms with Gasteiger partial charge in [0.15, 0.2) is 5.75 Å². The lowest BCUT2D eigenvalue weighted by Crippen LogP contribution is -2.03. The third-order valence-electron chi connectivity index (χ3n) is 5.72. The third-order valence-corrected chi connectivity index (χ3v) is 7.83. The zero-order valence-electron chi connectivity index (χ0n) is 22.7. The topological polar surface area (TPSA) is 266 Å². The molecule has 0 aromatic heterocycles. The van der Waals surface area contributed by atoms with Gasteiger partial charge >= 0.3 is 0 Å². The van der Waals surface area contributed by atoms with Gasteiger partial charge in [0.05, 0.1) is 48.9 Å². The average molecular weight is 684 g/mol. The van der Waals surface area contributed by atoms with E-state index >= 15 is 0 Å². The van der Waals surface area contributed by atoms with Crippen molar-refractivity contribution in [2.45, 2.75) is 14.7 Å². The molecule has 0 saturated heterocycles. The van der Waals surface area contributed by atoms with Crippen molar-refractivity contribution in [1.29, 1.82) is 0 Å². The smallest absolute Gasteiger partial charge is 0.296 e. The zero-order valence-corrected chi connectivity index (χ0v) is 25.2. The number of aromatic hydroxyl groups is 2. The number of fused-ring (bicyclic) bond motifs is 1. The number of nitrogens with two attached hydrogens (primary N) is 1. The molecule has 0 amide bonds. The Morgan fingerprint density at radius 2 is 1.38 bits per heavy atom. The minimum Gasteiger partial charge on any atom is -0.506 e. The number of hydrogen-bond acceptors (Lipinski definition) is 19. The molecule has 0 radical (unpaired) electrons. The second kappa shape index (κ2) is 14.7. The minimum atomic E-state index is -4.69. The molecule has 4 aromatic carbocycles. The number of rotatable bonds is 13. The molecular formula is C24H21N5O13S3. The lowest BCUT2D eigenvalue weighted by Gasteiger charge is -2.12. The summed E-state index contributed by atoms with van der Waals surface area (Å²) >= 11 is 1.05. The predicted octanol–water partition coefficient (Wildman–Crippen LogP) is 6.78. The molecular weight excluding hydrogens is 662 g/mol. The van der Waals surface area contributed by atoms with Crippen LogP contribution in [0.25, 0.3) is 10.8 Å². The van der Waals surface area contributed by atoms with Crippen LogP contribution < -0.4 is 15.2 Å². The quantitative estimate of drug-likeness (QED) is 0.0211. The standard InChI is InChI=1S/C24H21N5O13S3/c1-37-19-10-17(20(38-2)9-16(19)27-26-15-7-12(43-41-39-32)3-4-18(15)30)28-29-23-21(44-42-40-33)5-11-6-22(45(34,35)36)14(25)8-13(11)24(23)31/h3-10,30-33H,25H2,1-2H3,(H,34,35,36). The molecule has 21 heteroatoms. The summed E-state index contributed by atoms with van der Waals surface area (Å²) < 4.78 is 52.6. The first-order valence-electron chi connectivity index (χ1n) is 11.8. The summed E-state index contributed by atoms with van der Waals surface area (Å²) in [5, 5.41) is 61.9. The van der Waals surface area contributed by atoms with Gasteiger partial charge < -0.3 is 25.4 Å². The molecule has 4 aromatic rings. The van der Waals surface area contributed by atoms with E-state index in [0.29, 0.717) is 29.0 Å². The highest BCUT2D eigenvalue weighted by Gasteiger charge is 2.21. The van der Waals surface area contributed by atoms with Crippen LogP contribution in [0.2, 0.25) is 0 Å². The lowest BCUT2D eigenvalue weighted by molar-refractivity contribution is -0.432. The SMILES string of the molecule is COc1cc(N=Nc2c(SOOO)cc3cc(S(=O)(=O)O)c(N)cc3c2O)c(OC)cc1N=Nc1cc(SOOO)ccc1O. The fourth-order valence-corrected chi connectivity index (χ4v) is 5.27. The van der Waals surface area contributed by atoms with Gasteiger partial charge in [-0.05, 0) is 41.8 Å². The van der Waals surface area contributed by atoms with Gasteiger partial charge in [-0.3, -0.25) is 4.55 Å². The Labute approximate surface area is 261 Å². The van der Waals surface area contributed by atoms with Crippen molar-refractivity contribution in [3.05, 3.63) is 48.5 Å². The number of nitrogens with zero attached hydrogens (tertiary/aromatic N) is 4. The maximum absolute atomic E-state index is 11.7. The van der Waals surface area contributed by atoms with Crippen LogP contribution in [0.3, 0.4) is 0 Å². The summed E-state index contributed by atoms with van der Waals surface area (Å²) in [6, 6.07) is 10.5. The summed E-state index contributed by atoms with van der Waals surface area (Å²) in [5.41, 5.74) is 5.52. The Morgan fingerprint density at radius 1 is 0.778 bits per heavy atom. The van der Waals surface area contributed by atoms with E-state index in [-0.39, 0.29) is 61.4 Å². The van der Waals surface area contributed by atoms with Crippen molar-refractivity contribution in [2.75, 3.05) is 20.0 Å². The van der Waals surface area contributed by atoms with Crippen LogP contribution >= 0.6 is 24.1 Å². The molecule has 0 aliphatic heterocycles. The Bertz CT molecular complexity index is 1890. The van der Waals surface area contributed by atoms with Crippen molar-refractivity contribution in [3.63, 3.8) is 0 Å². The van der Waals surface area contributed by atoms with Gasteiger partial charge in [0.1, 0.15) is 44.9 Å². The Morgan fingerprint density at radius 3 is 1.98 bits per heavy atom. The van der Waals surface area contributed by atoms with Crippen LogP contribution in [-0.4, -0.2) is 47.9 Å². The van der Waals surface area contributed by atoms with Crippen molar-refractivity contribution in [2.24, 2.45) is 20.5 Å². The van der Waals surface area contributed by atoms with Crippen molar-refractivity contribution in [3.8, 4) is 23.0 Å². The fraction of sp³-hybridized carbons (Fsp3) is 0.0833. The van der Waals surface area contributed by atoms with Crippen LogP contribution in [0.4, 0.5) is 28.4 Å². The number of hydrogen-bond donors (Lipinski definition) is 6. The molecule has 238 valence electrons. The fourth-order valence-electron chi connectivity index (χ4n) is 3.75. The number of phenols is 2. The van der Waals surface area contributed by atoms with Gasteiger partial charge in [0.2, 0.25) is 0 Å². The van der Waals surface area contributed by atoms with Crippen LogP contribution in [0.5, 0.6) is 23.0 Å². The number of methoxy groups -OCH3 is 2. The molecule has 0 saturated carbocycles. The number of phenolic OH excluding ortho intramolecular Hbond substituents is 2. The largest absolute Gasteiger partial charge is 0.506 e. The molecule has 0 fully saturated rings. The van der Waals surface area contributed by atoms with E-state index < -0.39 is 20.8 Å². The van der Waals surface area contributed by atoms with Crippen LogP contribution in [0, 0.1) is 0 Å².